The lowest BCUT2D eigenvalue weighted by molar-refractivity contribution is 0.619. The van der Waals surface area contributed by atoms with Gasteiger partial charge in [-0.15, -0.1) is 11.3 Å². The average Bonchev–Trinajstić information content (AvgIpc) is 2.79. The highest BCUT2D eigenvalue weighted by Gasteiger charge is 2.16. The summed E-state index contributed by atoms with van der Waals surface area (Å²) in [6, 6.07) is 2.40. The van der Waals surface area contributed by atoms with E-state index in [9.17, 15) is 0 Å². The molecular formula is C11H15N3S. The fourth-order valence-corrected chi connectivity index (χ4v) is 2.45. The van der Waals surface area contributed by atoms with E-state index in [0.717, 1.165) is 5.82 Å². The fraction of sp³-hybridized carbons (Fsp3) is 0.364. The molecule has 2 aromatic heterocycles. The molecule has 0 saturated carbocycles. The second-order valence-corrected chi connectivity index (χ2v) is 4.72. The lowest BCUT2D eigenvalue weighted by Crippen LogP contribution is -2.20. The highest BCUT2D eigenvalue weighted by molar-refractivity contribution is 7.10. The highest BCUT2D eigenvalue weighted by atomic mass is 32.1. The molecule has 80 valence electrons. The van der Waals surface area contributed by atoms with Crippen LogP contribution in [0.4, 0.5) is 0 Å². The zero-order valence-electron chi connectivity index (χ0n) is 9.19. The van der Waals surface area contributed by atoms with Gasteiger partial charge in [0, 0.05) is 24.3 Å². The minimum absolute atomic E-state index is 0.190. The van der Waals surface area contributed by atoms with Gasteiger partial charge in [0.05, 0.1) is 6.04 Å². The molecule has 15 heavy (non-hydrogen) atoms. The fourth-order valence-electron chi connectivity index (χ4n) is 1.72. The maximum atomic E-state index is 4.38. The molecule has 2 heterocycles. The smallest absolute Gasteiger partial charge is 0.130 e. The van der Waals surface area contributed by atoms with Crippen molar-refractivity contribution in [1.29, 1.82) is 0 Å². The Labute approximate surface area is 93.8 Å². The van der Waals surface area contributed by atoms with Crippen LogP contribution >= 0.6 is 11.3 Å². The van der Waals surface area contributed by atoms with E-state index in [1.165, 1.54) is 10.4 Å². The van der Waals surface area contributed by atoms with Gasteiger partial charge in [0.25, 0.3) is 0 Å². The maximum Gasteiger partial charge on any atom is 0.130 e. The standard InChI is InChI=1S/C11H15N3S/c1-8-6-9(7-15-8)10(12-2)11-13-4-5-14(11)3/h4-7,10,12H,1-3H3. The number of aromatic nitrogens is 2. The largest absolute Gasteiger partial charge is 0.336 e. The first-order valence-electron chi connectivity index (χ1n) is 4.92. The first-order chi connectivity index (χ1) is 7.22. The summed E-state index contributed by atoms with van der Waals surface area (Å²) < 4.78 is 2.05. The zero-order valence-corrected chi connectivity index (χ0v) is 10.0. The van der Waals surface area contributed by atoms with E-state index in [1.54, 1.807) is 11.3 Å². The van der Waals surface area contributed by atoms with Gasteiger partial charge < -0.3 is 9.88 Å². The van der Waals surface area contributed by atoms with Crippen molar-refractivity contribution in [1.82, 2.24) is 14.9 Å². The van der Waals surface area contributed by atoms with E-state index in [0.29, 0.717) is 0 Å². The Hall–Kier alpha value is -1.13. The van der Waals surface area contributed by atoms with Crippen molar-refractivity contribution >= 4 is 11.3 Å². The van der Waals surface area contributed by atoms with Gasteiger partial charge in [-0.3, -0.25) is 0 Å². The third-order valence-electron chi connectivity index (χ3n) is 2.49. The van der Waals surface area contributed by atoms with Gasteiger partial charge in [0.15, 0.2) is 0 Å². The second-order valence-electron chi connectivity index (χ2n) is 3.61. The molecule has 0 aliphatic carbocycles. The summed E-state index contributed by atoms with van der Waals surface area (Å²) in [6.07, 6.45) is 3.80. The summed E-state index contributed by atoms with van der Waals surface area (Å²) >= 11 is 1.77. The normalized spacial score (nSPS) is 13.0. The third-order valence-corrected chi connectivity index (χ3v) is 3.37. The molecule has 0 fully saturated rings. The Kier molecular flexibility index (Phi) is 2.88. The van der Waals surface area contributed by atoms with Gasteiger partial charge in [-0.25, -0.2) is 4.98 Å². The van der Waals surface area contributed by atoms with Gasteiger partial charge in [-0.05, 0) is 31.0 Å². The number of thiophene rings is 1. The van der Waals surface area contributed by atoms with E-state index in [4.69, 9.17) is 0 Å². The Morgan fingerprint density at radius 1 is 1.53 bits per heavy atom. The van der Waals surface area contributed by atoms with Crippen LogP contribution in [0.3, 0.4) is 0 Å². The van der Waals surface area contributed by atoms with E-state index in [1.807, 2.05) is 31.1 Å². The van der Waals surface area contributed by atoms with Crippen LogP contribution in [0.1, 0.15) is 22.3 Å². The van der Waals surface area contributed by atoms with Gasteiger partial charge in [0.2, 0.25) is 0 Å². The summed E-state index contributed by atoms with van der Waals surface area (Å²) in [5, 5.41) is 5.48. The van der Waals surface area contributed by atoms with Crippen molar-refractivity contribution in [2.75, 3.05) is 7.05 Å². The predicted molar refractivity (Wildman–Crippen MR) is 63.2 cm³/mol. The molecule has 0 amide bonds. The minimum Gasteiger partial charge on any atom is -0.336 e. The summed E-state index contributed by atoms with van der Waals surface area (Å²) in [7, 11) is 3.98. The number of imidazole rings is 1. The van der Waals surface area contributed by atoms with Crippen LogP contribution < -0.4 is 5.32 Å². The van der Waals surface area contributed by atoms with Crippen molar-refractivity contribution < 1.29 is 0 Å². The highest BCUT2D eigenvalue weighted by Crippen LogP contribution is 2.24. The minimum atomic E-state index is 0.190. The Bertz CT molecular complexity index is 444. The third kappa shape index (κ3) is 1.96. The van der Waals surface area contributed by atoms with Crippen molar-refractivity contribution in [2.45, 2.75) is 13.0 Å². The Morgan fingerprint density at radius 3 is 2.80 bits per heavy atom. The topological polar surface area (TPSA) is 29.9 Å². The van der Waals surface area contributed by atoms with Crippen LogP contribution in [0.15, 0.2) is 23.8 Å². The van der Waals surface area contributed by atoms with Crippen molar-refractivity contribution in [2.24, 2.45) is 7.05 Å². The predicted octanol–water partition coefficient (Wildman–Crippen LogP) is 2.10. The monoisotopic (exact) mass is 221 g/mol. The van der Waals surface area contributed by atoms with Crippen LogP contribution in [0.25, 0.3) is 0 Å². The van der Waals surface area contributed by atoms with E-state index in [-0.39, 0.29) is 6.04 Å². The van der Waals surface area contributed by atoms with Crippen LogP contribution in [0.5, 0.6) is 0 Å². The number of hydrogen-bond donors (Lipinski definition) is 1. The lowest BCUT2D eigenvalue weighted by atomic mass is 10.1. The molecule has 2 aromatic rings. The molecule has 0 aliphatic heterocycles. The van der Waals surface area contributed by atoms with E-state index < -0.39 is 0 Å². The molecule has 4 heteroatoms. The first kappa shape index (κ1) is 10.4. The molecule has 1 N–H and O–H groups in total. The Morgan fingerprint density at radius 2 is 2.33 bits per heavy atom. The average molecular weight is 221 g/mol. The maximum absolute atomic E-state index is 4.38. The van der Waals surface area contributed by atoms with Gasteiger partial charge in [0.1, 0.15) is 5.82 Å². The molecule has 0 bridgehead atoms. The summed E-state index contributed by atoms with van der Waals surface area (Å²) in [5.41, 5.74) is 1.29. The van der Waals surface area contributed by atoms with Gasteiger partial charge in [-0.1, -0.05) is 0 Å². The summed E-state index contributed by atoms with van der Waals surface area (Å²) in [6.45, 7) is 2.12. The Balaban J connectivity index is 2.36. The number of rotatable bonds is 3. The molecule has 0 aromatic carbocycles. The number of nitrogens with one attached hydrogen (secondary N) is 1. The van der Waals surface area contributed by atoms with Crippen molar-refractivity contribution in [3.8, 4) is 0 Å². The quantitative estimate of drug-likeness (QED) is 0.860. The SMILES string of the molecule is CNC(c1csc(C)c1)c1nccn1C. The number of aryl methyl sites for hydroxylation is 2. The molecule has 3 nitrogen and oxygen atoms in total. The summed E-state index contributed by atoms with van der Waals surface area (Å²) in [5.74, 6) is 1.05. The number of hydrogen-bond acceptors (Lipinski definition) is 3. The molecule has 2 rings (SSSR count). The molecule has 1 atom stereocenters. The molecular weight excluding hydrogens is 206 g/mol. The molecule has 0 saturated heterocycles. The van der Waals surface area contributed by atoms with Gasteiger partial charge >= 0.3 is 0 Å². The molecule has 1 unspecified atom stereocenters. The second kappa shape index (κ2) is 4.16. The molecule has 0 spiro atoms. The van der Waals surface area contributed by atoms with E-state index in [2.05, 4.69) is 28.7 Å². The van der Waals surface area contributed by atoms with Gasteiger partial charge in [-0.2, -0.15) is 0 Å². The number of nitrogens with zero attached hydrogens (tertiary/aromatic N) is 2. The van der Waals surface area contributed by atoms with Crippen LogP contribution in [0, 0.1) is 6.92 Å². The van der Waals surface area contributed by atoms with Crippen molar-refractivity contribution in [3.05, 3.63) is 40.1 Å². The zero-order chi connectivity index (χ0) is 10.8. The lowest BCUT2D eigenvalue weighted by Gasteiger charge is -2.14. The van der Waals surface area contributed by atoms with Crippen LogP contribution in [-0.4, -0.2) is 16.6 Å². The van der Waals surface area contributed by atoms with E-state index >= 15 is 0 Å². The first-order valence-corrected chi connectivity index (χ1v) is 5.80. The molecule has 0 aliphatic rings. The summed E-state index contributed by atoms with van der Waals surface area (Å²) in [4.78, 5) is 5.71. The van der Waals surface area contributed by atoms with Crippen LogP contribution in [0.2, 0.25) is 0 Å². The van der Waals surface area contributed by atoms with Crippen molar-refractivity contribution in [3.63, 3.8) is 0 Å². The molecule has 0 radical (unpaired) electrons. The van der Waals surface area contributed by atoms with Crippen LogP contribution in [-0.2, 0) is 7.05 Å².